The molecule has 0 spiro atoms. The molecule has 0 aromatic heterocycles. The highest BCUT2D eigenvalue weighted by Gasteiger charge is 2.29. The van der Waals surface area contributed by atoms with Crippen LogP contribution in [-0.4, -0.2) is 49.2 Å². The number of nitrogens with one attached hydrogen (secondary N) is 1. The SMILES string of the molecule is CCNC(=O)CCN1CC(CN)OC1=O. The van der Waals surface area contributed by atoms with Crippen LogP contribution in [0.25, 0.3) is 0 Å². The van der Waals surface area contributed by atoms with E-state index in [0.29, 0.717) is 32.6 Å². The Morgan fingerprint density at radius 1 is 1.73 bits per heavy atom. The van der Waals surface area contributed by atoms with E-state index in [-0.39, 0.29) is 18.1 Å². The Labute approximate surface area is 88.7 Å². The van der Waals surface area contributed by atoms with Crippen LogP contribution in [0.1, 0.15) is 13.3 Å². The molecule has 1 atom stereocenters. The van der Waals surface area contributed by atoms with Crippen LogP contribution in [0.2, 0.25) is 0 Å². The van der Waals surface area contributed by atoms with Crippen LogP contribution in [0.3, 0.4) is 0 Å². The van der Waals surface area contributed by atoms with Crippen LogP contribution in [0.4, 0.5) is 4.79 Å². The van der Waals surface area contributed by atoms with Crippen molar-refractivity contribution in [2.45, 2.75) is 19.4 Å². The van der Waals surface area contributed by atoms with Gasteiger partial charge in [-0.05, 0) is 6.92 Å². The standard InChI is InChI=1S/C9H17N3O3/c1-2-11-8(13)3-4-12-6-7(5-10)15-9(12)14/h7H,2-6,10H2,1H3,(H,11,13). The van der Waals surface area contributed by atoms with Gasteiger partial charge in [0.2, 0.25) is 5.91 Å². The van der Waals surface area contributed by atoms with Gasteiger partial charge in [0.05, 0.1) is 6.54 Å². The minimum Gasteiger partial charge on any atom is -0.443 e. The highest BCUT2D eigenvalue weighted by atomic mass is 16.6. The monoisotopic (exact) mass is 215 g/mol. The topological polar surface area (TPSA) is 84.7 Å². The van der Waals surface area contributed by atoms with Gasteiger partial charge in [-0.25, -0.2) is 4.79 Å². The van der Waals surface area contributed by atoms with Crippen molar-refractivity contribution in [3.05, 3.63) is 0 Å². The number of cyclic esters (lactones) is 1. The van der Waals surface area contributed by atoms with Crippen LogP contribution in [0.5, 0.6) is 0 Å². The van der Waals surface area contributed by atoms with Gasteiger partial charge in [0, 0.05) is 26.1 Å². The van der Waals surface area contributed by atoms with E-state index < -0.39 is 0 Å². The first-order valence-corrected chi connectivity index (χ1v) is 5.09. The van der Waals surface area contributed by atoms with Gasteiger partial charge in [-0.15, -0.1) is 0 Å². The Morgan fingerprint density at radius 2 is 2.47 bits per heavy atom. The summed E-state index contributed by atoms with van der Waals surface area (Å²) in [7, 11) is 0. The fourth-order valence-electron chi connectivity index (χ4n) is 1.40. The van der Waals surface area contributed by atoms with Gasteiger partial charge in [-0.2, -0.15) is 0 Å². The van der Waals surface area contributed by atoms with Gasteiger partial charge in [0.25, 0.3) is 0 Å². The molecule has 1 saturated heterocycles. The summed E-state index contributed by atoms with van der Waals surface area (Å²) < 4.78 is 4.95. The Hall–Kier alpha value is -1.30. The van der Waals surface area contributed by atoms with Crippen molar-refractivity contribution in [1.29, 1.82) is 0 Å². The van der Waals surface area contributed by atoms with Gasteiger partial charge in [-0.3, -0.25) is 4.79 Å². The first-order chi connectivity index (χ1) is 7.17. The maximum absolute atomic E-state index is 11.2. The van der Waals surface area contributed by atoms with Crippen LogP contribution >= 0.6 is 0 Å². The summed E-state index contributed by atoms with van der Waals surface area (Å²) in [5.41, 5.74) is 5.38. The number of carbonyl (C=O) groups excluding carboxylic acids is 2. The number of ether oxygens (including phenoxy) is 1. The van der Waals surface area contributed by atoms with Crippen molar-refractivity contribution in [1.82, 2.24) is 10.2 Å². The second kappa shape index (κ2) is 5.55. The summed E-state index contributed by atoms with van der Waals surface area (Å²) in [6.45, 7) is 3.65. The predicted octanol–water partition coefficient (Wildman–Crippen LogP) is -0.708. The maximum atomic E-state index is 11.2. The third-order valence-corrected chi connectivity index (χ3v) is 2.20. The average molecular weight is 215 g/mol. The molecule has 2 amide bonds. The molecule has 1 unspecified atom stereocenters. The summed E-state index contributed by atoms with van der Waals surface area (Å²) in [5, 5.41) is 2.67. The van der Waals surface area contributed by atoms with Gasteiger partial charge in [0.15, 0.2) is 0 Å². The lowest BCUT2D eigenvalue weighted by atomic mass is 10.3. The molecule has 0 radical (unpaired) electrons. The molecule has 1 aliphatic heterocycles. The van der Waals surface area contributed by atoms with Crippen molar-refractivity contribution in [3.8, 4) is 0 Å². The molecule has 15 heavy (non-hydrogen) atoms. The van der Waals surface area contributed by atoms with Crippen molar-refractivity contribution in [3.63, 3.8) is 0 Å². The zero-order chi connectivity index (χ0) is 11.3. The zero-order valence-corrected chi connectivity index (χ0v) is 8.86. The average Bonchev–Trinajstić information content (AvgIpc) is 2.57. The lowest BCUT2D eigenvalue weighted by Gasteiger charge is -2.11. The second-order valence-corrected chi connectivity index (χ2v) is 3.39. The number of nitrogens with zero attached hydrogens (tertiary/aromatic N) is 1. The minimum absolute atomic E-state index is 0.0542. The third-order valence-electron chi connectivity index (χ3n) is 2.20. The van der Waals surface area contributed by atoms with E-state index >= 15 is 0 Å². The first kappa shape index (κ1) is 11.8. The summed E-state index contributed by atoms with van der Waals surface area (Å²) in [4.78, 5) is 23.9. The van der Waals surface area contributed by atoms with Crippen molar-refractivity contribution in [2.75, 3.05) is 26.2 Å². The highest BCUT2D eigenvalue weighted by Crippen LogP contribution is 2.10. The van der Waals surface area contributed by atoms with Crippen molar-refractivity contribution >= 4 is 12.0 Å². The molecule has 86 valence electrons. The fourth-order valence-corrected chi connectivity index (χ4v) is 1.40. The van der Waals surface area contributed by atoms with E-state index in [1.54, 1.807) is 0 Å². The van der Waals surface area contributed by atoms with E-state index in [1.165, 1.54) is 4.90 Å². The minimum atomic E-state index is -0.380. The van der Waals surface area contributed by atoms with Gasteiger partial charge >= 0.3 is 6.09 Å². The van der Waals surface area contributed by atoms with E-state index in [2.05, 4.69) is 5.32 Å². The van der Waals surface area contributed by atoms with E-state index in [0.717, 1.165) is 0 Å². The summed E-state index contributed by atoms with van der Waals surface area (Å²) in [6.07, 6.45) is -0.304. The maximum Gasteiger partial charge on any atom is 0.410 e. The molecule has 0 bridgehead atoms. The number of carbonyl (C=O) groups is 2. The molecule has 3 N–H and O–H groups in total. The lowest BCUT2D eigenvalue weighted by Crippen LogP contribution is -2.32. The Morgan fingerprint density at radius 3 is 3.00 bits per heavy atom. The highest BCUT2D eigenvalue weighted by molar-refractivity contribution is 5.77. The van der Waals surface area contributed by atoms with Crippen LogP contribution in [0.15, 0.2) is 0 Å². The van der Waals surface area contributed by atoms with Crippen molar-refractivity contribution < 1.29 is 14.3 Å². The molecular formula is C9H17N3O3. The molecule has 0 aromatic carbocycles. The molecule has 1 rings (SSSR count). The van der Waals surface area contributed by atoms with Gasteiger partial charge in [-0.1, -0.05) is 0 Å². The summed E-state index contributed by atoms with van der Waals surface area (Å²) in [5.74, 6) is -0.0542. The van der Waals surface area contributed by atoms with E-state index in [1.807, 2.05) is 6.92 Å². The lowest BCUT2D eigenvalue weighted by molar-refractivity contribution is -0.121. The molecular weight excluding hydrogens is 198 g/mol. The number of nitrogens with two attached hydrogens (primary N) is 1. The fraction of sp³-hybridized carbons (Fsp3) is 0.778. The smallest absolute Gasteiger partial charge is 0.410 e. The number of hydrogen-bond acceptors (Lipinski definition) is 4. The number of hydrogen-bond donors (Lipinski definition) is 2. The Kier molecular flexibility index (Phi) is 4.36. The molecule has 0 saturated carbocycles. The summed E-state index contributed by atoms with van der Waals surface area (Å²) in [6, 6.07) is 0. The molecule has 1 aliphatic rings. The number of amides is 2. The van der Waals surface area contributed by atoms with Crippen LogP contribution in [-0.2, 0) is 9.53 Å². The molecule has 0 aliphatic carbocycles. The van der Waals surface area contributed by atoms with Gasteiger partial charge < -0.3 is 20.7 Å². The number of rotatable bonds is 5. The Bertz CT molecular complexity index is 245. The van der Waals surface area contributed by atoms with E-state index in [4.69, 9.17) is 10.5 Å². The molecule has 0 aromatic rings. The van der Waals surface area contributed by atoms with Gasteiger partial charge in [0.1, 0.15) is 6.10 Å². The molecule has 6 nitrogen and oxygen atoms in total. The van der Waals surface area contributed by atoms with Crippen LogP contribution in [0, 0.1) is 0 Å². The largest absolute Gasteiger partial charge is 0.443 e. The molecule has 1 fully saturated rings. The second-order valence-electron chi connectivity index (χ2n) is 3.39. The quantitative estimate of drug-likeness (QED) is 0.634. The third kappa shape index (κ3) is 3.39. The van der Waals surface area contributed by atoms with Crippen LogP contribution < -0.4 is 11.1 Å². The van der Waals surface area contributed by atoms with E-state index in [9.17, 15) is 9.59 Å². The summed E-state index contributed by atoms with van der Waals surface area (Å²) >= 11 is 0. The normalized spacial score (nSPS) is 20.3. The Balaban J connectivity index is 2.27. The first-order valence-electron chi connectivity index (χ1n) is 5.09. The zero-order valence-electron chi connectivity index (χ0n) is 8.86. The molecule has 1 heterocycles. The molecule has 6 heteroatoms. The predicted molar refractivity (Wildman–Crippen MR) is 54.2 cm³/mol. The van der Waals surface area contributed by atoms with Crippen molar-refractivity contribution in [2.24, 2.45) is 5.73 Å².